The van der Waals surface area contributed by atoms with Crippen molar-refractivity contribution in [2.75, 3.05) is 36.9 Å². The van der Waals surface area contributed by atoms with Gasteiger partial charge in [-0.25, -0.2) is 9.97 Å². The SMILES string of the molecule is CN1CCCC(c2cccc(-c3nc(Nc4cncc(N5CCCC5=O)c4)ncc3Cl)c2)C1. The van der Waals surface area contributed by atoms with Crippen LogP contribution < -0.4 is 10.2 Å². The number of likely N-dealkylation sites (tertiary alicyclic amines) is 1. The summed E-state index contributed by atoms with van der Waals surface area (Å²) in [5.41, 5.74) is 4.49. The number of hydrogen-bond acceptors (Lipinski definition) is 6. The highest BCUT2D eigenvalue weighted by atomic mass is 35.5. The molecule has 1 unspecified atom stereocenters. The quantitative estimate of drug-likeness (QED) is 0.583. The largest absolute Gasteiger partial charge is 0.323 e. The Morgan fingerprint density at radius 3 is 2.85 bits per heavy atom. The molecule has 0 saturated carbocycles. The summed E-state index contributed by atoms with van der Waals surface area (Å²) >= 11 is 6.50. The smallest absolute Gasteiger partial charge is 0.227 e. The van der Waals surface area contributed by atoms with Gasteiger partial charge < -0.3 is 15.1 Å². The summed E-state index contributed by atoms with van der Waals surface area (Å²) in [6.07, 6.45) is 8.88. The minimum atomic E-state index is 0.128. The molecule has 33 heavy (non-hydrogen) atoms. The molecule has 0 aliphatic carbocycles. The average molecular weight is 463 g/mol. The zero-order valence-corrected chi connectivity index (χ0v) is 19.4. The van der Waals surface area contributed by atoms with Crippen molar-refractivity contribution in [3.05, 3.63) is 59.5 Å². The van der Waals surface area contributed by atoms with Crippen LogP contribution in [-0.4, -0.2) is 52.4 Å². The molecule has 1 atom stereocenters. The fourth-order valence-corrected chi connectivity index (χ4v) is 4.90. The van der Waals surface area contributed by atoms with Gasteiger partial charge in [0, 0.05) is 25.1 Å². The normalized spacial score (nSPS) is 19.2. The third-order valence-electron chi connectivity index (χ3n) is 6.37. The summed E-state index contributed by atoms with van der Waals surface area (Å²) < 4.78 is 0. The molecule has 7 nitrogen and oxygen atoms in total. The van der Waals surface area contributed by atoms with Crippen LogP contribution in [-0.2, 0) is 4.79 Å². The maximum Gasteiger partial charge on any atom is 0.227 e. The van der Waals surface area contributed by atoms with E-state index in [1.807, 2.05) is 12.1 Å². The van der Waals surface area contributed by atoms with Crippen LogP contribution in [0.25, 0.3) is 11.3 Å². The van der Waals surface area contributed by atoms with Gasteiger partial charge in [0.15, 0.2) is 0 Å². The Balaban J connectivity index is 1.39. The van der Waals surface area contributed by atoms with Crippen LogP contribution in [0.4, 0.5) is 17.3 Å². The van der Waals surface area contributed by atoms with Crippen LogP contribution in [0, 0.1) is 0 Å². The Bertz CT molecular complexity index is 1170. The first-order chi connectivity index (χ1) is 16.1. The van der Waals surface area contributed by atoms with Gasteiger partial charge in [-0.1, -0.05) is 29.8 Å². The number of likely N-dealkylation sites (N-methyl/N-ethyl adjacent to an activating group) is 1. The summed E-state index contributed by atoms with van der Waals surface area (Å²) in [5.74, 6) is 1.08. The lowest BCUT2D eigenvalue weighted by atomic mass is 9.89. The van der Waals surface area contributed by atoms with E-state index >= 15 is 0 Å². The Kier molecular flexibility index (Phi) is 6.24. The first kappa shape index (κ1) is 21.8. The van der Waals surface area contributed by atoms with Gasteiger partial charge >= 0.3 is 0 Å². The number of hydrogen-bond donors (Lipinski definition) is 1. The standard InChI is InChI=1S/C25H27ClN6O/c1-31-9-3-7-19(16-31)17-5-2-6-18(11-17)24-22(26)15-28-25(30-24)29-20-12-21(14-27-13-20)32-10-4-8-23(32)33/h2,5-6,11-15,19H,3-4,7-10,16H2,1H3,(H,28,29,30). The molecule has 2 aliphatic rings. The van der Waals surface area contributed by atoms with Crippen molar-refractivity contribution in [1.29, 1.82) is 0 Å². The molecule has 2 aromatic heterocycles. The van der Waals surface area contributed by atoms with Gasteiger partial charge in [-0.2, -0.15) is 0 Å². The highest BCUT2D eigenvalue weighted by Crippen LogP contribution is 2.32. The van der Waals surface area contributed by atoms with Crippen LogP contribution >= 0.6 is 11.6 Å². The molecular weight excluding hydrogens is 436 g/mol. The molecule has 3 aromatic rings. The fourth-order valence-electron chi connectivity index (χ4n) is 4.70. The van der Waals surface area contributed by atoms with Gasteiger partial charge in [-0.15, -0.1) is 0 Å². The molecule has 0 spiro atoms. The highest BCUT2D eigenvalue weighted by Gasteiger charge is 2.22. The lowest BCUT2D eigenvalue weighted by Crippen LogP contribution is -2.30. The predicted molar refractivity (Wildman–Crippen MR) is 131 cm³/mol. The Morgan fingerprint density at radius 1 is 1.12 bits per heavy atom. The lowest BCUT2D eigenvalue weighted by molar-refractivity contribution is -0.117. The first-order valence-electron chi connectivity index (χ1n) is 11.4. The summed E-state index contributed by atoms with van der Waals surface area (Å²) in [4.78, 5) is 29.6. The zero-order valence-electron chi connectivity index (χ0n) is 18.7. The van der Waals surface area contributed by atoms with E-state index in [4.69, 9.17) is 16.6 Å². The zero-order chi connectivity index (χ0) is 22.8. The van der Waals surface area contributed by atoms with Crippen LogP contribution in [0.1, 0.15) is 37.2 Å². The molecule has 2 fully saturated rings. The van der Waals surface area contributed by atoms with Crippen molar-refractivity contribution in [2.24, 2.45) is 0 Å². The molecule has 1 amide bonds. The number of halogens is 1. The number of nitrogens with zero attached hydrogens (tertiary/aromatic N) is 5. The van der Waals surface area contributed by atoms with Gasteiger partial charge in [-0.05, 0) is 56.5 Å². The van der Waals surface area contributed by atoms with E-state index in [-0.39, 0.29) is 5.91 Å². The van der Waals surface area contributed by atoms with E-state index in [1.165, 1.54) is 18.4 Å². The number of pyridine rings is 1. The Morgan fingerprint density at radius 2 is 2.03 bits per heavy atom. The predicted octanol–water partition coefficient (Wildman–Crippen LogP) is 4.87. The number of anilines is 3. The van der Waals surface area contributed by atoms with Crippen molar-refractivity contribution in [1.82, 2.24) is 19.9 Å². The maximum atomic E-state index is 12.1. The second-order valence-electron chi connectivity index (χ2n) is 8.82. The summed E-state index contributed by atoms with van der Waals surface area (Å²) in [5, 5.41) is 3.72. The molecule has 170 valence electrons. The van der Waals surface area contributed by atoms with Crippen LogP contribution in [0.3, 0.4) is 0 Å². The van der Waals surface area contributed by atoms with E-state index in [9.17, 15) is 4.79 Å². The maximum absolute atomic E-state index is 12.1. The number of rotatable bonds is 5. The van der Waals surface area contributed by atoms with Crippen molar-refractivity contribution in [3.63, 3.8) is 0 Å². The first-order valence-corrected chi connectivity index (χ1v) is 11.8. The van der Waals surface area contributed by atoms with E-state index in [2.05, 4.69) is 45.4 Å². The number of carbonyl (C=O) groups is 1. The van der Waals surface area contributed by atoms with E-state index in [0.29, 0.717) is 29.0 Å². The van der Waals surface area contributed by atoms with Gasteiger partial charge in [-0.3, -0.25) is 9.78 Å². The van der Waals surface area contributed by atoms with E-state index in [1.54, 1.807) is 23.5 Å². The highest BCUT2D eigenvalue weighted by molar-refractivity contribution is 6.32. The Labute approximate surface area is 198 Å². The summed E-state index contributed by atoms with van der Waals surface area (Å²) in [6.45, 7) is 2.94. The molecule has 2 saturated heterocycles. The molecule has 8 heteroatoms. The van der Waals surface area contributed by atoms with Crippen molar-refractivity contribution < 1.29 is 4.79 Å². The topological polar surface area (TPSA) is 74.2 Å². The van der Waals surface area contributed by atoms with Crippen molar-refractivity contribution in [2.45, 2.75) is 31.6 Å². The third kappa shape index (κ3) is 4.84. The van der Waals surface area contributed by atoms with Gasteiger partial charge in [0.2, 0.25) is 11.9 Å². The van der Waals surface area contributed by atoms with Crippen molar-refractivity contribution >= 4 is 34.8 Å². The molecule has 0 radical (unpaired) electrons. The molecule has 2 aliphatic heterocycles. The number of piperidine rings is 1. The van der Waals surface area contributed by atoms with Crippen LogP contribution in [0.2, 0.25) is 5.02 Å². The summed E-state index contributed by atoms with van der Waals surface area (Å²) in [7, 11) is 2.18. The Hall–Kier alpha value is -3.03. The van der Waals surface area contributed by atoms with Crippen LogP contribution in [0.15, 0.2) is 48.9 Å². The molecular formula is C25H27ClN6O. The van der Waals surface area contributed by atoms with E-state index < -0.39 is 0 Å². The molecule has 4 heterocycles. The minimum Gasteiger partial charge on any atom is -0.323 e. The molecule has 1 aromatic carbocycles. The summed E-state index contributed by atoms with van der Waals surface area (Å²) in [6, 6.07) is 10.4. The second kappa shape index (κ2) is 9.45. The average Bonchev–Trinajstić information content (AvgIpc) is 3.26. The van der Waals surface area contributed by atoms with Gasteiger partial charge in [0.1, 0.15) is 0 Å². The number of carbonyl (C=O) groups excluding carboxylic acids is 1. The minimum absolute atomic E-state index is 0.128. The van der Waals surface area contributed by atoms with Gasteiger partial charge in [0.25, 0.3) is 0 Å². The number of amides is 1. The fraction of sp³-hybridized carbons (Fsp3) is 0.360. The van der Waals surface area contributed by atoms with Gasteiger partial charge in [0.05, 0.1) is 40.7 Å². The monoisotopic (exact) mass is 462 g/mol. The number of benzene rings is 1. The van der Waals surface area contributed by atoms with E-state index in [0.717, 1.165) is 43.0 Å². The second-order valence-corrected chi connectivity index (χ2v) is 9.23. The number of nitrogens with one attached hydrogen (secondary N) is 1. The third-order valence-corrected chi connectivity index (χ3v) is 6.64. The molecule has 5 rings (SSSR count). The molecule has 1 N–H and O–H groups in total. The van der Waals surface area contributed by atoms with Crippen molar-refractivity contribution in [3.8, 4) is 11.3 Å². The number of aromatic nitrogens is 3. The lowest BCUT2D eigenvalue weighted by Gasteiger charge is -2.30. The molecule has 0 bridgehead atoms. The van der Waals surface area contributed by atoms with Crippen LogP contribution in [0.5, 0.6) is 0 Å².